The van der Waals surface area contributed by atoms with Gasteiger partial charge in [-0.3, -0.25) is 9.78 Å². The topological polar surface area (TPSA) is 70.6 Å². The second-order valence-electron chi connectivity index (χ2n) is 5.74. The van der Waals surface area contributed by atoms with Gasteiger partial charge in [-0.1, -0.05) is 6.92 Å². The number of sulfonamides is 1. The van der Waals surface area contributed by atoms with Crippen LogP contribution < -0.4 is 0 Å². The molecule has 0 bridgehead atoms. The Morgan fingerprint density at radius 1 is 1.29 bits per heavy atom. The molecule has 0 radical (unpaired) electrons. The zero-order valence-electron chi connectivity index (χ0n) is 12.0. The molecule has 1 aliphatic carbocycles. The van der Waals surface area contributed by atoms with Crippen LogP contribution in [0.25, 0.3) is 0 Å². The zero-order chi connectivity index (χ0) is 15.0. The number of carbonyl (C=O) groups excluding carboxylic acids is 1. The number of pyridine rings is 1. The minimum Gasteiger partial charge on any atom is -0.340 e. The maximum Gasteiger partial charge on any atom is 0.244 e. The normalized spacial score (nSPS) is 26.6. The van der Waals surface area contributed by atoms with E-state index in [4.69, 9.17) is 0 Å². The van der Waals surface area contributed by atoms with Gasteiger partial charge in [-0.15, -0.1) is 0 Å². The number of aromatic nitrogens is 1. The number of piperazine rings is 1. The second kappa shape index (κ2) is 5.38. The monoisotopic (exact) mass is 309 g/mol. The quantitative estimate of drug-likeness (QED) is 0.818. The van der Waals surface area contributed by atoms with E-state index in [1.165, 1.54) is 10.5 Å². The third-order valence-corrected chi connectivity index (χ3v) is 6.13. The Labute approximate surface area is 124 Å². The fraction of sp³-hybridized carbons (Fsp3) is 0.571. The smallest absolute Gasteiger partial charge is 0.244 e. The fourth-order valence-corrected chi connectivity index (χ4v) is 4.09. The minimum atomic E-state index is -3.49. The highest BCUT2D eigenvalue weighted by Crippen LogP contribution is 2.39. The van der Waals surface area contributed by atoms with E-state index in [1.807, 2.05) is 0 Å². The lowest BCUT2D eigenvalue weighted by Crippen LogP contribution is -2.51. The number of hydrogen-bond acceptors (Lipinski definition) is 4. The number of carbonyl (C=O) groups is 1. The van der Waals surface area contributed by atoms with Crippen molar-refractivity contribution in [2.45, 2.75) is 18.2 Å². The Kier molecular flexibility index (Phi) is 3.71. The van der Waals surface area contributed by atoms with Crippen molar-refractivity contribution in [1.29, 1.82) is 0 Å². The highest BCUT2D eigenvalue weighted by molar-refractivity contribution is 7.89. The zero-order valence-corrected chi connectivity index (χ0v) is 12.8. The molecule has 114 valence electrons. The Hall–Kier alpha value is -1.47. The van der Waals surface area contributed by atoms with E-state index in [9.17, 15) is 13.2 Å². The summed E-state index contributed by atoms with van der Waals surface area (Å²) in [5, 5.41) is 0. The van der Waals surface area contributed by atoms with Crippen LogP contribution in [0.4, 0.5) is 0 Å². The van der Waals surface area contributed by atoms with Crippen LogP contribution in [0.5, 0.6) is 0 Å². The van der Waals surface area contributed by atoms with Crippen LogP contribution in [0.2, 0.25) is 0 Å². The van der Waals surface area contributed by atoms with Gasteiger partial charge >= 0.3 is 0 Å². The van der Waals surface area contributed by atoms with Crippen LogP contribution in [0.3, 0.4) is 0 Å². The molecule has 2 heterocycles. The van der Waals surface area contributed by atoms with Crippen molar-refractivity contribution in [3.05, 3.63) is 24.5 Å². The summed E-state index contributed by atoms with van der Waals surface area (Å²) in [5.74, 6) is 0.821. The lowest BCUT2D eigenvalue weighted by atomic mass is 10.2. The summed E-state index contributed by atoms with van der Waals surface area (Å²) >= 11 is 0. The summed E-state index contributed by atoms with van der Waals surface area (Å²) in [6.07, 6.45) is 3.87. The molecule has 1 saturated heterocycles. The van der Waals surface area contributed by atoms with E-state index in [-0.39, 0.29) is 16.7 Å². The summed E-state index contributed by atoms with van der Waals surface area (Å²) in [7, 11) is -3.49. The molecule has 1 aromatic rings. The third-order valence-electron chi connectivity index (χ3n) is 4.25. The molecular weight excluding hydrogens is 290 g/mol. The van der Waals surface area contributed by atoms with Crippen LogP contribution in [-0.4, -0.2) is 54.7 Å². The van der Waals surface area contributed by atoms with E-state index < -0.39 is 10.0 Å². The SMILES string of the molecule is CC1CC1C(=O)N1CCN(S(=O)(=O)c2cccnc2)CC1. The van der Waals surface area contributed by atoms with Gasteiger partial charge in [-0.2, -0.15) is 4.31 Å². The molecular formula is C14H19N3O3S. The van der Waals surface area contributed by atoms with E-state index in [2.05, 4.69) is 11.9 Å². The molecule has 2 aliphatic rings. The van der Waals surface area contributed by atoms with Gasteiger partial charge < -0.3 is 4.90 Å². The average Bonchev–Trinajstić information content (AvgIpc) is 3.24. The van der Waals surface area contributed by atoms with E-state index in [0.29, 0.717) is 32.1 Å². The van der Waals surface area contributed by atoms with Gasteiger partial charge in [0.15, 0.2) is 0 Å². The van der Waals surface area contributed by atoms with E-state index >= 15 is 0 Å². The molecule has 1 amide bonds. The van der Waals surface area contributed by atoms with Crippen molar-refractivity contribution in [1.82, 2.24) is 14.2 Å². The molecule has 1 saturated carbocycles. The van der Waals surface area contributed by atoms with Gasteiger partial charge in [-0.25, -0.2) is 8.42 Å². The van der Waals surface area contributed by atoms with E-state index in [1.54, 1.807) is 23.2 Å². The number of nitrogens with zero attached hydrogens (tertiary/aromatic N) is 3. The van der Waals surface area contributed by atoms with Crippen LogP contribution in [-0.2, 0) is 14.8 Å². The number of rotatable bonds is 3. The first kappa shape index (κ1) is 14.5. The maximum absolute atomic E-state index is 12.4. The van der Waals surface area contributed by atoms with Crippen LogP contribution in [0.15, 0.2) is 29.4 Å². The highest BCUT2D eigenvalue weighted by Gasteiger charge is 2.42. The predicted molar refractivity (Wildman–Crippen MR) is 76.8 cm³/mol. The molecule has 2 atom stereocenters. The molecule has 7 heteroatoms. The largest absolute Gasteiger partial charge is 0.340 e. The highest BCUT2D eigenvalue weighted by atomic mass is 32.2. The van der Waals surface area contributed by atoms with Crippen LogP contribution >= 0.6 is 0 Å². The standard InChI is InChI=1S/C14H19N3O3S/c1-11-9-13(11)14(18)16-5-7-17(8-6-16)21(19,20)12-3-2-4-15-10-12/h2-4,10-11,13H,5-9H2,1H3. The predicted octanol–water partition coefficient (Wildman–Crippen LogP) is 0.570. The van der Waals surface area contributed by atoms with Gasteiger partial charge in [0.05, 0.1) is 0 Å². The molecule has 2 fully saturated rings. The molecule has 2 unspecified atom stereocenters. The first-order valence-electron chi connectivity index (χ1n) is 7.19. The van der Waals surface area contributed by atoms with Crippen molar-refractivity contribution in [2.75, 3.05) is 26.2 Å². The molecule has 1 aromatic heterocycles. The van der Waals surface area contributed by atoms with Crippen molar-refractivity contribution >= 4 is 15.9 Å². The fourth-order valence-electron chi connectivity index (χ4n) is 2.70. The molecule has 0 spiro atoms. The van der Waals surface area contributed by atoms with Crippen molar-refractivity contribution in [3.8, 4) is 0 Å². The molecule has 1 aliphatic heterocycles. The Balaban J connectivity index is 1.64. The number of hydrogen-bond donors (Lipinski definition) is 0. The van der Waals surface area contributed by atoms with Gasteiger partial charge in [0.1, 0.15) is 4.90 Å². The lowest BCUT2D eigenvalue weighted by Gasteiger charge is -2.34. The molecule has 0 aromatic carbocycles. The summed E-state index contributed by atoms with van der Waals surface area (Å²) in [6, 6.07) is 3.16. The van der Waals surface area contributed by atoms with Crippen LogP contribution in [0, 0.1) is 11.8 Å². The lowest BCUT2D eigenvalue weighted by molar-refractivity contribution is -0.134. The Bertz CT molecular complexity index is 624. The first-order chi connectivity index (χ1) is 10.00. The third kappa shape index (κ3) is 2.80. The molecule has 21 heavy (non-hydrogen) atoms. The van der Waals surface area contributed by atoms with Gasteiger partial charge in [0, 0.05) is 44.5 Å². The van der Waals surface area contributed by atoms with Crippen molar-refractivity contribution in [2.24, 2.45) is 11.8 Å². The van der Waals surface area contributed by atoms with Gasteiger partial charge in [0.2, 0.25) is 15.9 Å². The minimum absolute atomic E-state index is 0.159. The summed E-state index contributed by atoms with van der Waals surface area (Å²) in [5.41, 5.74) is 0. The summed E-state index contributed by atoms with van der Waals surface area (Å²) < 4.78 is 26.3. The first-order valence-corrected chi connectivity index (χ1v) is 8.63. The summed E-state index contributed by atoms with van der Waals surface area (Å²) in [6.45, 7) is 3.73. The number of amides is 1. The van der Waals surface area contributed by atoms with Gasteiger partial charge in [-0.05, 0) is 24.5 Å². The Morgan fingerprint density at radius 3 is 2.48 bits per heavy atom. The molecule has 3 rings (SSSR count). The Morgan fingerprint density at radius 2 is 1.95 bits per heavy atom. The van der Waals surface area contributed by atoms with E-state index in [0.717, 1.165) is 6.42 Å². The van der Waals surface area contributed by atoms with Crippen molar-refractivity contribution < 1.29 is 13.2 Å². The van der Waals surface area contributed by atoms with Crippen LogP contribution in [0.1, 0.15) is 13.3 Å². The molecule has 6 nitrogen and oxygen atoms in total. The molecule has 0 N–H and O–H groups in total. The van der Waals surface area contributed by atoms with Crippen molar-refractivity contribution in [3.63, 3.8) is 0 Å². The maximum atomic E-state index is 12.4. The average molecular weight is 309 g/mol. The summed E-state index contributed by atoms with van der Waals surface area (Å²) in [4.78, 5) is 18.0. The second-order valence-corrected chi connectivity index (χ2v) is 7.68. The van der Waals surface area contributed by atoms with Gasteiger partial charge in [0.25, 0.3) is 0 Å².